The number of rotatable bonds is 14. The number of hydrogen-bond donors (Lipinski definition) is 3. The number of para-hydroxylation sites is 1. The normalized spacial score (nSPS) is 27.4. The molecule has 256 valence electrons. The van der Waals surface area contributed by atoms with Crippen molar-refractivity contribution in [3.05, 3.63) is 29.8 Å². The summed E-state index contributed by atoms with van der Waals surface area (Å²) in [4.78, 5) is 17.9. The molecule has 3 fully saturated rings. The van der Waals surface area contributed by atoms with Gasteiger partial charge >= 0.3 is 0 Å². The Morgan fingerprint density at radius 3 is 2.18 bits per heavy atom. The summed E-state index contributed by atoms with van der Waals surface area (Å²) in [6, 6.07) is 6.81. The Balaban J connectivity index is 1.55. The summed E-state index contributed by atoms with van der Waals surface area (Å²) in [5.41, 5.74) is 1.27. The van der Waals surface area contributed by atoms with Crippen molar-refractivity contribution in [1.82, 2.24) is 14.5 Å². The molecule has 3 unspecified atom stereocenters. The molecule has 1 amide bonds. The molecular formula is C32H54N4O7S2. The lowest BCUT2D eigenvalue weighted by atomic mass is 9.69. The third-order valence-corrected chi connectivity index (χ3v) is 13.8. The number of sulfone groups is 1. The fraction of sp³-hybridized carbons (Fsp3) is 0.781. The van der Waals surface area contributed by atoms with Gasteiger partial charge in [0.1, 0.15) is 9.84 Å². The van der Waals surface area contributed by atoms with Crippen LogP contribution in [0.4, 0.5) is 5.69 Å². The zero-order valence-electron chi connectivity index (χ0n) is 27.8. The lowest BCUT2D eigenvalue weighted by Gasteiger charge is -2.45. The molecule has 0 radical (unpaired) electrons. The molecule has 1 aromatic carbocycles. The Labute approximate surface area is 270 Å². The van der Waals surface area contributed by atoms with Gasteiger partial charge in [-0.3, -0.25) is 9.69 Å². The fourth-order valence-electron chi connectivity index (χ4n) is 8.25. The van der Waals surface area contributed by atoms with Gasteiger partial charge in [-0.05, 0) is 69.4 Å². The van der Waals surface area contributed by atoms with Crippen LogP contribution in [0.5, 0.6) is 0 Å². The number of carbonyl (C=O) groups is 1. The summed E-state index contributed by atoms with van der Waals surface area (Å²) in [7, 11) is -7.05. The van der Waals surface area contributed by atoms with Crippen LogP contribution in [0.15, 0.2) is 24.3 Å². The Hall–Kier alpha value is -1.77. The number of nitrogens with one attached hydrogen (secondary N) is 1. The minimum Gasteiger partial charge on any atom is -0.392 e. The highest BCUT2D eigenvalue weighted by Crippen LogP contribution is 2.66. The van der Waals surface area contributed by atoms with E-state index in [1.54, 1.807) is 23.1 Å². The van der Waals surface area contributed by atoms with Gasteiger partial charge in [-0.15, -0.1) is 0 Å². The van der Waals surface area contributed by atoms with E-state index in [4.69, 9.17) is 0 Å². The van der Waals surface area contributed by atoms with E-state index in [1.807, 2.05) is 12.1 Å². The Morgan fingerprint density at radius 1 is 1.04 bits per heavy atom. The molecule has 1 aliphatic heterocycles. The van der Waals surface area contributed by atoms with Crippen LogP contribution in [0.1, 0.15) is 58.9 Å². The molecule has 11 nitrogen and oxygen atoms in total. The Morgan fingerprint density at radius 2 is 1.64 bits per heavy atom. The maximum atomic E-state index is 14.1. The maximum Gasteiger partial charge on any atom is 0.237 e. The summed E-state index contributed by atoms with van der Waals surface area (Å²) in [5.74, 6) is -0.431. The number of sulfonamides is 1. The number of amides is 1. The number of benzene rings is 1. The second kappa shape index (κ2) is 13.8. The Kier molecular flexibility index (Phi) is 11.0. The van der Waals surface area contributed by atoms with Gasteiger partial charge in [0.15, 0.2) is 0 Å². The van der Waals surface area contributed by atoms with E-state index < -0.39 is 55.5 Å². The lowest BCUT2D eigenvalue weighted by molar-refractivity contribution is -0.129. The van der Waals surface area contributed by atoms with Crippen molar-refractivity contribution in [2.45, 2.75) is 84.6 Å². The summed E-state index contributed by atoms with van der Waals surface area (Å²) in [5, 5.41) is 23.5. The minimum atomic E-state index is -3.66. The molecule has 3 aliphatic rings. The van der Waals surface area contributed by atoms with Crippen LogP contribution >= 0.6 is 0 Å². The summed E-state index contributed by atoms with van der Waals surface area (Å²) in [6.07, 6.45) is 1.74. The Bertz CT molecular complexity index is 1400. The van der Waals surface area contributed by atoms with Gasteiger partial charge in [-0.1, -0.05) is 32.0 Å². The van der Waals surface area contributed by atoms with E-state index in [2.05, 4.69) is 43.1 Å². The highest BCUT2D eigenvalue weighted by Gasteiger charge is 2.66. The zero-order valence-corrected chi connectivity index (χ0v) is 29.4. The average molecular weight is 671 g/mol. The van der Waals surface area contributed by atoms with Gasteiger partial charge < -0.3 is 20.4 Å². The van der Waals surface area contributed by atoms with Gasteiger partial charge in [0.2, 0.25) is 15.9 Å². The molecule has 45 heavy (non-hydrogen) atoms. The van der Waals surface area contributed by atoms with Crippen molar-refractivity contribution in [3.63, 3.8) is 0 Å². The molecule has 4 rings (SSSR count). The molecular weight excluding hydrogens is 617 g/mol. The van der Waals surface area contributed by atoms with E-state index in [0.29, 0.717) is 39.0 Å². The predicted octanol–water partition coefficient (Wildman–Crippen LogP) is 1.62. The fourth-order valence-corrected chi connectivity index (χ4v) is 11.2. The van der Waals surface area contributed by atoms with Gasteiger partial charge in [0.05, 0.1) is 29.8 Å². The van der Waals surface area contributed by atoms with Crippen molar-refractivity contribution >= 4 is 31.5 Å². The van der Waals surface area contributed by atoms with E-state index in [0.717, 1.165) is 23.9 Å². The summed E-state index contributed by atoms with van der Waals surface area (Å²) in [6.45, 7) is 11.6. The lowest BCUT2D eigenvalue weighted by Crippen LogP contribution is -2.59. The first kappa shape index (κ1) is 36.1. The third kappa shape index (κ3) is 8.03. The zero-order chi connectivity index (χ0) is 33.4. The van der Waals surface area contributed by atoms with Crippen molar-refractivity contribution in [2.75, 3.05) is 61.9 Å². The monoisotopic (exact) mass is 670 g/mol. The average Bonchev–Trinajstić information content (AvgIpc) is 3.27. The van der Waals surface area contributed by atoms with E-state index in [1.165, 1.54) is 0 Å². The largest absolute Gasteiger partial charge is 0.392 e. The van der Waals surface area contributed by atoms with Gasteiger partial charge in [0.25, 0.3) is 0 Å². The van der Waals surface area contributed by atoms with Crippen LogP contribution < -0.4 is 10.2 Å². The van der Waals surface area contributed by atoms with Crippen LogP contribution in [-0.4, -0.2) is 123 Å². The highest BCUT2D eigenvalue weighted by atomic mass is 32.2. The number of fused-ring (bicyclic) bond motifs is 2. The number of nitrogens with zero attached hydrogens (tertiary/aromatic N) is 3. The summed E-state index contributed by atoms with van der Waals surface area (Å²) >= 11 is 0. The van der Waals surface area contributed by atoms with Gasteiger partial charge in [-0.25, -0.2) is 16.8 Å². The van der Waals surface area contributed by atoms with Crippen molar-refractivity contribution in [3.8, 4) is 0 Å². The van der Waals surface area contributed by atoms with Gasteiger partial charge in [0, 0.05) is 62.7 Å². The number of aliphatic hydroxyl groups is 2. The van der Waals surface area contributed by atoms with Crippen LogP contribution in [0.2, 0.25) is 0 Å². The number of piperazine rings is 1. The topological polar surface area (TPSA) is 148 Å². The van der Waals surface area contributed by atoms with Crippen LogP contribution in [0.25, 0.3) is 0 Å². The smallest absolute Gasteiger partial charge is 0.237 e. The van der Waals surface area contributed by atoms with Crippen LogP contribution in [0.3, 0.4) is 0 Å². The highest BCUT2D eigenvalue weighted by molar-refractivity contribution is 7.90. The van der Waals surface area contributed by atoms with E-state index >= 15 is 0 Å². The van der Waals surface area contributed by atoms with Crippen LogP contribution in [0, 0.1) is 23.7 Å². The first-order chi connectivity index (χ1) is 20.9. The molecule has 2 saturated carbocycles. The first-order valence-corrected chi connectivity index (χ1v) is 19.9. The molecule has 2 aliphatic carbocycles. The predicted molar refractivity (Wildman–Crippen MR) is 177 cm³/mol. The summed E-state index contributed by atoms with van der Waals surface area (Å²) < 4.78 is 54.1. The van der Waals surface area contributed by atoms with Crippen molar-refractivity contribution in [1.29, 1.82) is 0 Å². The second-order valence-electron chi connectivity index (χ2n) is 14.4. The minimum absolute atomic E-state index is 0.000112. The van der Waals surface area contributed by atoms with E-state index in [9.17, 15) is 31.8 Å². The number of hydrogen-bond acceptors (Lipinski definition) is 9. The quantitative estimate of drug-likeness (QED) is 0.269. The number of aryl methyl sites for hydroxylation is 1. The van der Waals surface area contributed by atoms with Crippen molar-refractivity contribution in [2.24, 2.45) is 16.7 Å². The van der Waals surface area contributed by atoms with Crippen LogP contribution in [-0.2, 0) is 24.7 Å². The van der Waals surface area contributed by atoms with Crippen molar-refractivity contribution < 1.29 is 31.8 Å². The van der Waals surface area contributed by atoms with Gasteiger partial charge in [-0.2, -0.15) is 4.31 Å². The molecule has 1 saturated heterocycles. The number of aliphatic hydroxyl groups excluding tert-OH is 2. The van der Waals surface area contributed by atoms with E-state index in [-0.39, 0.29) is 42.3 Å². The standard InChI is InChI=1S/C32H54N4O7S2/c1-23-9-7-8-10-27(23)34-14-16-36(17-15-34)45(42,43)22-32-13-11-26(31(32,4)5)19-29(32)33-30(39)28(12-18-44(6,40)41)35(20-24(2)37)21-25(3)38/h7-10,24-26,28-29,37-38H,11-22H2,1-6H3,(H,33,39)/t24-,25-,26?,28+,29?,32?/m1/s1. The molecule has 13 heteroatoms. The molecule has 2 bridgehead atoms. The third-order valence-electron chi connectivity index (χ3n) is 10.8. The molecule has 0 aromatic heterocycles. The number of carbonyl (C=O) groups excluding carboxylic acids is 1. The number of anilines is 1. The first-order valence-electron chi connectivity index (χ1n) is 16.2. The SMILES string of the molecule is Cc1ccccc1N1CCN(S(=O)(=O)CC23CCC(CC2NC(=O)[C@H](CCS(C)(=O)=O)N(C[C@@H](C)O)C[C@@H](C)O)C3(C)C)CC1. The molecule has 6 atom stereocenters. The second-order valence-corrected chi connectivity index (χ2v) is 18.7. The molecule has 3 N–H and O–H groups in total. The molecule has 1 aromatic rings. The molecule has 1 heterocycles. The molecule has 0 spiro atoms. The maximum absolute atomic E-state index is 14.1.